The second-order valence-electron chi connectivity index (χ2n) is 28.7. The van der Waals surface area contributed by atoms with Crippen LogP contribution < -0.4 is 24.8 Å². The number of carbonyl (C=O) groups is 8. The third kappa shape index (κ3) is 8.48. The van der Waals surface area contributed by atoms with E-state index in [1.165, 1.54) is 64.1 Å². The van der Waals surface area contributed by atoms with Crippen molar-refractivity contribution in [2.24, 2.45) is 62.6 Å². The highest BCUT2D eigenvalue weighted by Gasteiger charge is 2.86. The Hall–Kier alpha value is -7.02. The standard InChI is InChI=1S/C65H76N2O21/c1-26-42-45(62(12)63(13,79)57(78)88-64(62,14)86-26)48(72)43-41-44(50(80-27(2)68)52(61(42,43)11)81-28(3)69)60(10)36(24-39-49(85-39)51(60)73)46(47(41)71)67-40(70)25-66-53(74)29-15-18-33-32(21-29)54(75)87-65(33)34-19-16-30(82-55(76)58(4,5)6)22-37(34)84-38-23-31(17-20-35(38)65)83-56(77)59(7,8)9/h15-23,26,36,39,41-52,71-73,79H,24-25H2,1-14H3,(H,66,74)(H,67,70)/t26-,36+,39-,41?,42-,43+,44?,45-,46-,47+,48+,49-,50-,51-,52-,60-,61+,62-,63+,64-/m0/s1. The third-order valence-electron chi connectivity index (χ3n) is 21.6. The van der Waals surface area contributed by atoms with Crippen molar-refractivity contribution in [1.29, 1.82) is 0 Å². The van der Waals surface area contributed by atoms with Crippen molar-refractivity contribution in [3.63, 3.8) is 0 Å². The Bertz CT molecular complexity index is 3470. The number of amides is 2. The Morgan fingerprint density at radius 1 is 0.705 bits per heavy atom. The Balaban J connectivity index is 0.866. The smallest absolute Gasteiger partial charge is 0.341 e. The summed E-state index contributed by atoms with van der Waals surface area (Å²) in [5, 5.41) is 57.1. The summed E-state index contributed by atoms with van der Waals surface area (Å²) in [6, 6.07) is 12.3. The number of aliphatic hydroxyl groups excluding tert-OH is 3. The fourth-order valence-electron chi connectivity index (χ4n) is 17.4. The van der Waals surface area contributed by atoms with Crippen LogP contribution in [0.4, 0.5) is 0 Å². The van der Waals surface area contributed by atoms with E-state index in [-0.39, 0.29) is 40.5 Å². The van der Waals surface area contributed by atoms with Gasteiger partial charge in [0.1, 0.15) is 41.3 Å². The number of epoxide rings is 1. The molecule has 12 rings (SSSR count). The van der Waals surface area contributed by atoms with Gasteiger partial charge >= 0.3 is 35.8 Å². The first-order valence-electron chi connectivity index (χ1n) is 29.9. The van der Waals surface area contributed by atoms with E-state index in [1.807, 2.05) is 0 Å². The average molecular weight is 1220 g/mol. The molecule has 7 fully saturated rings. The quantitative estimate of drug-likeness (QED) is 0.0771. The van der Waals surface area contributed by atoms with Crippen LogP contribution in [0.3, 0.4) is 0 Å². The van der Waals surface area contributed by atoms with E-state index >= 15 is 0 Å². The number of esters is 6. The molecule has 23 heteroatoms. The summed E-state index contributed by atoms with van der Waals surface area (Å²) in [4.78, 5) is 110. The third-order valence-corrected chi connectivity index (χ3v) is 21.6. The van der Waals surface area contributed by atoms with Crippen LogP contribution in [-0.2, 0) is 62.8 Å². The monoisotopic (exact) mass is 1220 g/mol. The van der Waals surface area contributed by atoms with Crippen molar-refractivity contribution in [2.45, 2.75) is 175 Å². The predicted molar refractivity (Wildman–Crippen MR) is 302 cm³/mol. The maximum atomic E-state index is 14.6. The molecule has 2 unspecified atom stereocenters. The molecule has 4 aliphatic carbocycles. The first-order chi connectivity index (χ1) is 40.9. The Kier molecular flexibility index (Phi) is 13.7. The van der Waals surface area contributed by atoms with Crippen LogP contribution in [0.5, 0.6) is 23.0 Å². The first kappa shape index (κ1) is 61.2. The molecular weight excluding hydrogens is 1140 g/mol. The van der Waals surface area contributed by atoms with Crippen LogP contribution in [0.15, 0.2) is 54.6 Å². The molecule has 472 valence electrons. The largest absolute Gasteiger partial charge is 0.458 e. The van der Waals surface area contributed by atoms with Crippen molar-refractivity contribution in [3.05, 3.63) is 82.4 Å². The van der Waals surface area contributed by atoms with Crippen LogP contribution in [0, 0.1) is 62.6 Å². The molecule has 5 heterocycles. The second-order valence-corrected chi connectivity index (χ2v) is 28.7. The van der Waals surface area contributed by atoms with Gasteiger partial charge in [-0.1, -0.05) is 19.9 Å². The summed E-state index contributed by atoms with van der Waals surface area (Å²) >= 11 is 0. The molecule has 6 N–H and O–H groups in total. The fraction of sp³-hybridized carbons (Fsp3) is 0.600. The summed E-state index contributed by atoms with van der Waals surface area (Å²) < 4.78 is 55.3. The number of hydrogen-bond acceptors (Lipinski definition) is 21. The fourth-order valence-corrected chi connectivity index (χ4v) is 17.4. The lowest BCUT2D eigenvalue weighted by molar-refractivity contribution is -0.341. The van der Waals surface area contributed by atoms with E-state index in [4.69, 9.17) is 42.6 Å². The lowest BCUT2D eigenvalue weighted by atomic mass is 9.40. The van der Waals surface area contributed by atoms with E-state index in [0.717, 1.165) is 0 Å². The van der Waals surface area contributed by atoms with Gasteiger partial charge in [-0.3, -0.25) is 28.8 Å². The molecular formula is C65H76N2O21. The molecule has 3 aromatic rings. The van der Waals surface area contributed by atoms with E-state index in [2.05, 4.69) is 10.6 Å². The highest BCUT2D eigenvalue weighted by molar-refractivity contribution is 6.02. The number of hydrogen-bond donors (Lipinski definition) is 6. The van der Waals surface area contributed by atoms with Gasteiger partial charge < -0.3 is 73.7 Å². The second kappa shape index (κ2) is 19.7. The molecule has 4 saturated carbocycles. The van der Waals surface area contributed by atoms with Gasteiger partial charge in [0.05, 0.1) is 64.9 Å². The van der Waals surface area contributed by atoms with Crippen LogP contribution in [-0.4, -0.2) is 141 Å². The summed E-state index contributed by atoms with van der Waals surface area (Å²) in [6.07, 6.45) is -9.20. The van der Waals surface area contributed by atoms with Crippen LogP contribution in [0.25, 0.3) is 0 Å². The summed E-state index contributed by atoms with van der Waals surface area (Å²) in [5.41, 5.74) is -9.40. The number of aliphatic hydroxyl groups is 4. The molecule has 9 aliphatic rings. The number of ether oxygens (including phenoxy) is 9. The van der Waals surface area contributed by atoms with Crippen molar-refractivity contribution < 1.29 is 101 Å². The average Bonchev–Trinajstić information content (AvgIpc) is 1.43. The first-order valence-corrected chi connectivity index (χ1v) is 29.9. The van der Waals surface area contributed by atoms with Crippen LogP contribution in [0.1, 0.15) is 141 Å². The van der Waals surface area contributed by atoms with E-state index in [9.17, 15) is 58.8 Å². The van der Waals surface area contributed by atoms with Gasteiger partial charge in [0.15, 0.2) is 11.2 Å². The van der Waals surface area contributed by atoms with E-state index < -0.39 is 189 Å². The summed E-state index contributed by atoms with van der Waals surface area (Å²) in [7, 11) is 0. The summed E-state index contributed by atoms with van der Waals surface area (Å²) in [6.45, 7) is 21.5. The molecule has 20 atom stereocenters. The highest BCUT2D eigenvalue weighted by atomic mass is 16.7. The Labute approximate surface area is 507 Å². The maximum absolute atomic E-state index is 14.6. The molecule has 3 aromatic carbocycles. The molecule has 0 radical (unpaired) electrons. The highest BCUT2D eigenvalue weighted by Crippen LogP contribution is 2.76. The minimum atomic E-state index is -2.26. The van der Waals surface area contributed by atoms with Gasteiger partial charge in [-0.2, -0.15) is 0 Å². The molecule has 0 bridgehead atoms. The van der Waals surface area contributed by atoms with Crippen LogP contribution >= 0.6 is 0 Å². The molecule has 2 amide bonds. The predicted octanol–water partition coefficient (Wildman–Crippen LogP) is 4.69. The Morgan fingerprint density at radius 2 is 1.28 bits per heavy atom. The normalized spacial score (nSPS) is 39.0. The van der Waals surface area contributed by atoms with Crippen molar-refractivity contribution >= 4 is 47.6 Å². The van der Waals surface area contributed by atoms with E-state index in [1.54, 1.807) is 87.4 Å². The molecule has 3 saturated heterocycles. The van der Waals surface area contributed by atoms with Crippen molar-refractivity contribution in [3.8, 4) is 23.0 Å². The zero-order chi connectivity index (χ0) is 64.0. The lowest BCUT2D eigenvalue weighted by Gasteiger charge is -2.67. The van der Waals surface area contributed by atoms with Gasteiger partial charge in [-0.05, 0) is 117 Å². The molecule has 1 spiro atoms. The maximum Gasteiger partial charge on any atom is 0.341 e. The molecule has 23 nitrogen and oxygen atoms in total. The Morgan fingerprint density at radius 3 is 1.85 bits per heavy atom. The number of carbonyl (C=O) groups excluding carboxylic acids is 8. The number of benzene rings is 3. The summed E-state index contributed by atoms with van der Waals surface area (Å²) in [5.74, 6) is -13.5. The van der Waals surface area contributed by atoms with Gasteiger partial charge in [0.25, 0.3) is 5.91 Å². The van der Waals surface area contributed by atoms with Gasteiger partial charge in [-0.15, -0.1) is 0 Å². The number of rotatable bonds is 8. The zero-order valence-corrected chi connectivity index (χ0v) is 51.5. The minimum Gasteiger partial charge on any atom is -0.458 e. The van der Waals surface area contributed by atoms with Gasteiger partial charge in [0.2, 0.25) is 11.7 Å². The van der Waals surface area contributed by atoms with E-state index in [0.29, 0.717) is 16.7 Å². The zero-order valence-electron chi connectivity index (χ0n) is 51.5. The van der Waals surface area contributed by atoms with Crippen molar-refractivity contribution in [1.82, 2.24) is 10.6 Å². The minimum absolute atomic E-state index is 0.00956. The van der Waals surface area contributed by atoms with Crippen LogP contribution in [0.2, 0.25) is 0 Å². The molecule has 5 aliphatic heterocycles. The number of fused-ring (bicyclic) bond motifs is 16. The molecule has 0 aromatic heterocycles. The van der Waals surface area contributed by atoms with Crippen molar-refractivity contribution in [2.75, 3.05) is 6.54 Å². The lowest BCUT2D eigenvalue weighted by Crippen LogP contribution is -2.77. The van der Waals surface area contributed by atoms with Gasteiger partial charge in [-0.25, -0.2) is 9.59 Å². The topological polar surface area (TPSA) is 328 Å². The SMILES string of the molecule is CC(=O)O[C@H]1C2C([C@@H](O)[C@@H](NC(=O)CNC(=O)c3ccc4c(c3)C(=O)OC43c4ccc(OC(=O)C(C)(C)C)cc4Oc4cc(OC(=O)C(C)(C)C)ccc43)[C@H]3C[C@@H]4O[C@@H]4[C@H](O)[C@]23C)[C@@H]2[C@@H](O)[C@@H]3[C@H]([C@H](C)O[C@@]4(C)OC(=O)[C@@](C)(O)[C@]34C)[C@@]2(C)[C@H]1OC(C)=O. The van der Waals surface area contributed by atoms with Gasteiger partial charge in [0, 0.05) is 89.7 Å². The molecule has 88 heavy (non-hydrogen) atoms. The number of nitrogens with one attached hydrogen (secondary N) is 2.